The van der Waals surface area contributed by atoms with Crippen LogP contribution in [0, 0.1) is 5.92 Å². The summed E-state index contributed by atoms with van der Waals surface area (Å²) in [5.41, 5.74) is 0. The van der Waals surface area contributed by atoms with Crippen molar-refractivity contribution >= 4 is 0 Å². The van der Waals surface area contributed by atoms with Crippen LogP contribution in [-0.2, 0) is 0 Å². The topological polar surface area (TPSA) is 80.9 Å². The van der Waals surface area contributed by atoms with Crippen molar-refractivity contribution in [3.8, 4) is 0 Å². The number of unbranched alkanes of at least 4 members (excludes halogenated alkanes) is 3. The Balaban J connectivity index is 0. The Kier molecular flexibility index (Phi) is 19.6. The first-order valence-corrected chi connectivity index (χ1v) is 6.16. The predicted molar refractivity (Wildman–Crippen MR) is 65.2 cm³/mol. The molecule has 0 atom stereocenters. The zero-order valence-corrected chi connectivity index (χ0v) is 10.4. The van der Waals surface area contributed by atoms with Crippen molar-refractivity contribution in [2.75, 3.05) is 26.4 Å². The molecule has 0 spiro atoms. The van der Waals surface area contributed by atoms with Gasteiger partial charge in [0.1, 0.15) is 0 Å². The van der Waals surface area contributed by atoms with Gasteiger partial charge in [-0.1, -0.05) is 19.8 Å². The normalized spacial score (nSPS) is 10.1. The lowest BCUT2D eigenvalue weighted by Crippen LogP contribution is -1.99. The van der Waals surface area contributed by atoms with Gasteiger partial charge in [0, 0.05) is 26.4 Å². The van der Waals surface area contributed by atoms with Crippen LogP contribution in [0.4, 0.5) is 0 Å². The van der Waals surface area contributed by atoms with Gasteiger partial charge >= 0.3 is 0 Å². The molecule has 0 aliphatic carbocycles. The second-order valence-electron chi connectivity index (χ2n) is 3.99. The Morgan fingerprint density at radius 1 is 0.625 bits per heavy atom. The first-order chi connectivity index (χ1) is 7.72. The van der Waals surface area contributed by atoms with Crippen LogP contribution in [0.1, 0.15) is 45.4 Å². The molecule has 0 rings (SSSR count). The van der Waals surface area contributed by atoms with E-state index in [9.17, 15) is 0 Å². The van der Waals surface area contributed by atoms with E-state index in [0.29, 0.717) is 5.92 Å². The Labute approximate surface area is 98.9 Å². The minimum Gasteiger partial charge on any atom is -0.396 e. The molecule has 0 saturated carbocycles. The molecule has 0 aromatic rings. The summed E-state index contributed by atoms with van der Waals surface area (Å²) in [4.78, 5) is 0. The molecule has 0 aromatic carbocycles. The van der Waals surface area contributed by atoms with E-state index in [0.717, 1.165) is 38.5 Å². The smallest absolute Gasteiger partial charge is 0.0433 e. The average molecular weight is 236 g/mol. The monoisotopic (exact) mass is 236 g/mol. The van der Waals surface area contributed by atoms with Crippen LogP contribution in [0.5, 0.6) is 0 Å². The molecule has 0 fully saturated rings. The minimum absolute atomic E-state index is 0.237. The maximum absolute atomic E-state index is 8.38. The van der Waals surface area contributed by atoms with E-state index in [2.05, 4.69) is 0 Å². The van der Waals surface area contributed by atoms with Crippen LogP contribution < -0.4 is 0 Å². The largest absolute Gasteiger partial charge is 0.396 e. The summed E-state index contributed by atoms with van der Waals surface area (Å²) in [5.74, 6) is 0.463. The van der Waals surface area contributed by atoms with Crippen molar-refractivity contribution in [1.82, 2.24) is 0 Å². The van der Waals surface area contributed by atoms with Gasteiger partial charge in [0.25, 0.3) is 0 Å². The zero-order valence-electron chi connectivity index (χ0n) is 10.4. The Bertz CT molecular complexity index is 97.2. The van der Waals surface area contributed by atoms with Crippen LogP contribution in [0.3, 0.4) is 0 Å². The second-order valence-corrected chi connectivity index (χ2v) is 3.99. The average Bonchev–Trinajstić information content (AvgIpc) is 2.26. The molecule has 0 unspecified atom stereocenters. The Hall–Kier alpha value is -0.160. The molecule has 100 valence electrons. The Morgan fingerprint density at radius 2 is 1.00 bits per heavy atom. The number of aliphatic hydroxyl groups is 4. The van der Waals surface area contributed by atoms with Crippen molar-refractivity contribution in [2.45, 2.75) is 45.4 Å². The third-order valence-electron chi connectivity index (χ3n) is 2.31. The third-order valence-corrected chi connectivity index (χ3v) is 2.31. The van der Waals surface area contributed by atoms with Gasteiger partial charge in [-0.3, -0.25) is 0 Å². The molecule has 0 amide bonds. The molecule has 4 heteroatoms. The fraction of sp³-hybridized carbons (Fsp3) is 1.00. The summed E-state index contributed by atoms with van der Waals surface area (Å²) >= 11 is 0. The van der Waals surface area contributed by atoms with E-state index in [-0.39, 0.29) is 26.4 Å². The number of aliphatic hydroxyl groups excluding tert-OH is 4. The van der Waals surface area contributed by atoms with Gasteiger partial charge in [-0.05, 0) is 31.6 Å². The standard InChI is InChI=1S/2C6H14O2/c1-6(2-4-7)3-5-8;7-5-3-1-2-4-6-8/h6-8H,2-5H2,1H3;7-8H,1-6H2. The van der Waals surface area contributed by atoms with Crippen molar-refractivity contribution < 1.29 is 20.4 Å². The van der Waals surface area contributed by atoms with Crippen molar-refractivity contribution in [2.24, 2.45) is 5.92 Å². The van der Waals surface area contributed by atoms with E-state index in [1.807, 2.05) is 6.92 Å². The van der Waals surface area contributed by atoms with Crippen LogP contribution in [0.2, 0.25) is 0 Å². The number of hydrogen-bond acceptors (Lipinski definition) is 4. The molecule has 0 saturated heterocycles. The van der Waals surface area contributed by atoms with Crippen LogP contribution in [0.25, 0.3) is 0 Å². The van der Waals surface area contributed by atoms with Gasteiger partial charge in [-0.2, -0.15) is 0 Å². The maximum Gasteiger partial charge on any atom is 0.0433 e. The first kappa shape index (κ1) is 18.2. The summed E-state index contributed by atoms with van der Waals surface area (Å²) in [6.07, 6.45) is 5.44. The molecular formula is C12H28O4. The fourth-order valence-electron chi connectivity index (χ4n) is 1.16. The molecule has 4 N–H and O–H groups in total. The van der Waals surface area contributed by atoms with Crippen LogP contribution in [-0.4, -0.2) is 46.9 Å². The quantitative estimate of drug-likeness (QED) is 0.449. The predicted octanol–water partition coefficient (Wildman–Crippen LogP) is 0.919. The molecule has 0 aliphatic heterocycles. The highest BCUT2D eigenvalue weighted by Crippen LogP contribution is 2.03. The highest BCUT2D eigenvalue weighted by atomic mass is 16.3. The summed E-state index contributed by atoms with van der Waals surface area (Å²) in [6.45, 7) is 3.06. The fourth-order valence-corrected chi connectivity index (χ4v) is 1.16. The van der Waals surface area contributed by atoms with Gasteiger partial charge in [0.15, 0.2) is 0 Å². The van der Waals surface area contributed by atoms with Gasteiger partial charge in [-0.25, -0.2) is 0 Å². The lowest BCUT2D eigenvalue weighted by atomic mass is 10.1. The van der Waals surface area contributed by atoms with E-state index in [1.54, 1.807) is 0 Å². The zero-order chi connectivity index (χ0) is 12.6. The minimum atomic E-state index is 0.237. The number of rotatable bonds is 9. The second kappa shape index (κ2) is 17.2. The lowest BCUT2D eigenvalue weighted by Gasteiger charge is -2.04. The summed E-state index contributed by atoms with van der Waals surface area (Å²) in [7, 11) is 0. The van der Waals surface area contributed by atoms with Gasteiger partial charge < -0.3 is 20.4 Å². The van der Waals surface area contributed by atoms with Gasteiger partial charge in [0.05, 0.1) is 0 Å². The number of hydrogen-bond donors (Lipinski definition) is 4. The summed E-state index contributed by atoms with van der Waals surface area (Å²) in [5, 5.41) is 33.4. The van der Waals surface area contributed by atoms with Crippen molar-refractivity contribution in [3.63, 3.8) is 0 Å². The molecule has 0 bridgehead atoms. The Morgan fingerprint density at radius 3 is 1.25 bits per heavy atom. The van der Waals surface area contributed by atoms with E-state index >= 15 is 0 Å². The molecule has 0 heterocycles. The van der Waals surface area contributed by atoms with E-state index in [1.165, 1.54) is 0 Å². The third kappa shape index (κ3) is 19.4. The SMILES string of the molecule is CC(CCO)CCO.OCCCCCCO. The molecule has 16 heavy (non-hydrogen) atoms. The molecule has 4 nitrogen and oxygen atoms in total. The van der Waals surface area contributed by atoms with Crippen LogP contribution >= 0.6 is 0 Å². The first-order valence-electron chi connectivity index (χ1n) is 6.16. The van der Waals surface area contributed by atoms with Crippen molar-refractivity contribution in [3.05, 3.63) is 0 Å². The lowest BCUT2D eigenvalue weighted by molar-refractivity contribution is 0.223. The molecule has 0 radical (unpaired) electrons. The molecule has 0 aromatic heterocycles. The van der Waals surface area contributed by atoms with Gasteiger partial charge in [-0.15, -0.1) is 0 Å². The van der Waals surface area contributed by atoms with Crippen molar-refractivity contribution in [1.29, 1.82) is 0 Å². The van der Waals surface area contributed by atoms with Crippen LogP contribution in [0.15, 0.2) is 0 Å². The van der Waals surface area contributed by atoms with E-state index in [4.69, 9.17) is 20.4 Å². The van der Waals surface area contributed by atoms with Gasteiger partial charge in [0.2, 0.25) is 0 Å². The maximum atomic E-state index is 8.38. The van der Waals surface area contributed by atoms with E-state index < -0.39 is 0 Å². The molecular weight excluding hydrogens is 208 g/mol. The summed E-state index contributed by atoms with van der Waals surface area (Å²) < 4.78 is 0. The highest BCUT2D eigenvalue weighted by Gasteiger charge is 1.97. The summed E-state index contributed by atoms with van der Waals surface area (Å²) in [6, 6.07) is 0. The molecule has 0 aliphatic rings. The highest BCUT2D eigenvalue weighted by molar-refractivity contribution is 4.49.